The van der Waals surface area contributed by atoms with Crippen molar-refractivity contribution in [1.82, 2.24) is 0 Å². The van der Waals surface area contributed by atoms with E-state index >= 15 is 0 Å². The van der Waals surface area contributed by atoms with Crippen LogP contribution in [0.15, 0.2) is 24.3 Å². The Morgan fingerprint density at radius 2 is 2.00 bits per heavy atom. The number of hydrogen-bond acceptors (Lipinski definition) is 3. The molecule has 0 amide bonds. The fourth-order valence-corrected chi connectivity index (χ4v) is 2.04. The number of aliphatic hydroxyl groups excluding tert-OH is 1. The molecule has 82 valence electrons. The number of rotatable bonds is 3. The van der Waals surface area contributed by atoms with Crippen LogP contribution in [-0.2, 0) is 0 Å². The normalized spacial score (nSPS) is 25.4. The zero-order chi connectivity index (χ0) is 10.7. The summed E-state index contributed by atoms with van der Waals surface area (Å²) < 4.78 is 5.80. The van der Waals surface area contributed by atoms with Gasteiger partial charge in [0.05, 0.1) is 6.10 Å². The number of aliphatic hydroxyl groups is 1. The number of nitrogens with two attached hydrogens (primary N) is 1. The van der Waals surface area contributed by atoms with Crippen LogP contribution in [0, 0.1) is 5.92 Å². The first-order valence-corrected chi connectivity index (χ1v) is 5.41. The Morgan fingerprint density at radius 3 is 2.60 bits per heavy atom. The minimum atomic E-state index is 0.255. The van der Waals surface area contributed by atoms with Gasteiger partial charge in [-0.25, -0.2) is 0 Å². The Hall–Kier alpha value is -1.22. The summed E-state index contributed by atoms with van der Waals surface area (Å²) in [4.78, 5) is 0. The Kier molecular flexibility index (Phi) is 3.11. The van der Waals surface area contributed by atoms with Gasteiger partial charge in [-0.1, -0.05) is 0 Å². The number of anilines is 1. The number of hydrogen-bond donors (Lipinski definition) is 2. The van der Waals surface area contributed by atoms with Gasteiger partial charge in [-0.2, -0.15) is 0 Å². The SMILES string of the molecule is Nc1ccc(O[C@@H]2CC[C@H](CO)C2)cc1. The van der Waals surface area contributed by atoms with Gasteiger partial charge in [-0.15, -0.1) is 0 Å². The summed E-state index contributed by atoms with van der Waals surface area (Å²) in [6.45, 7) is 0.279. The van der Waals surface area contributed by atoms with Gasteiger partial charge in [0, 0.05) is 12.3 Å². The first-order valence-electron chi connectivity index (χ1n) is 5.41. The van der Waals surface area contributed by atoms with E-state index in [2.05, 4.69) is 0 Å². The Morgan fingerprint density at radius 1 is 1.27 bits per heavy atom. The fraction of sp³-hybridized carbons (Fsp3) is 0.500. The van der Waals surface area contributed by atoms with E-state index in [1.165, 1.54) is 0 Å². The standard InChI is InChI=1S/C12H17NO2/c13-10-2-5-11(6-3-10)15-12-4-1-9(7-12)8-14/h2-3,5-6,9,12,14H,1,4,7-8,13H2/t9-,12+/m0/s1. The Bertz CT molecular complexity index is 310. The van der Waals surface area contributed by atoms with Gasteiger partial charge in [0.1, 0.15) is 5.75 Å². The van der Waals surface area contributed by atoms with Gasteiger partial charge in [-0.05, 0) is 49.4 Å². The summed E-state index contributed by atoms with van der Waals surface area (Å²) in [5.41, 5.74) is 6.34. The van der Waals surface area contributed by atoms with Crippen LogP contribution in [0.1, 0.15) is 19.3 Å². The largest absolute Gasteiger partial charge is 0.490 e. The van der Waals surface area contributed by atoms with Crippen LogP contribution < -0.4 is 10.5 Å². The summed E-state index contributed by atoms with van der Waals surface area (Å²) in [5, 5.41) is 9.01. The van der Waals surface area contributed by atoms with Gasteiger partial charge in [-0.3, -0.25) is 0 Å². The van der Waals surface area contributed by atoms with Crippen molar-refractivity contribution in [3.05, 3.63) is 24.3 Å². The van der Waals surface area contributed by atoms with Gasteiger partial charge in [0.2, 0.25) is 0 Å². The average molecular weight is 207 g/mol. The molecule has 1 aliphatic carbocycles. The van der Waals surface area contributed by atoms with Crippen LogP contribution in [0.5, 0.6) is 5.75 Å². The highest BCUT2D eigenvalue weighted by molar-refractivity contribution is 5.41. The van der Waals surface area contributed by atoms with Crippen molar-refractivity contribution in [2.24, 2.45) is 5.92 Å². The van der Waals surface area contributed by atoms with Gasteiger partial charge < -0.3 is 15.6 Å². The van der Waals surface area contributed by atoms with E-state index in [-0.39, 0.29) is 12.7 Å². The molecule has 1 saturated carbocycles. The second-order valence-electron chi connectivity index (χ2n) is 4.17. The van der Waals surface area contributed by atoms with E-state index in [0.29, 0.717) is 5.92 Å². The van der Waals surface area contributed by atoms with Crippen molar-refractivity contribution in [2.45, 2.75) is 25.4 Å². The lowest BCUT2D eigenvalue weighted by Crippen LogP contribution is -2.13. The molecule has 0 aromatic heterocycles. The molecule has 15 heavy (non-hydrogen) atoms. The van der Waals surface area contributed by atoms with Crippen LogP contribution in [0.4, 0.5) is 5.69 Å². The molecule has 2 rings (SSSR count). The molecule has 0 spiro atoms. The molecule has 3 heteroatoms. The van der Waals surface area contributed by atoms with E-state index in [0.717, 1.165) is 30.7 Å². The zero-order valence-corrected chi connectivity index (χ0v) is 8.73. The molecule has 1 aliphatic rings. The molecule has 3 N–H and O–H groups in total. The number of benzene rings is 1. The highest BCUT2D eigenvalue weighted by atomic mass is 16.5. The third-order valence-electron chi connectivity index (χ3n) is 2.93. The fourth-order valence-electron chi connectivity index (χ4n) is 2.04. The van der Waals surface area contributed by atoms with Crippen LogP contribution in [-0.4, -0.2) is 17.8 Å². The second kappa shape index (κ2) is 4.53. The van der Waals surface area contributed by atoms with Crippen LogP contribution >= 0.6 is 0 Å². The van der Waals surface area contributed by atoms with Crippen LogP contribution in [0.3, 0.4) is 0 Å². The topological polar surface area (TPSA) is 55.5 Å². The molecule has 0 bridgehead atoms. The highest BCUT2D eigenvalue weighted by Crippen LogP contribution is 2.28. The van der Waals surface area contributed by atoms with E-state index in [1.807, 2.05) is 24.3 Å². The molecule has 1 fully saturated rings. The second-order valence-corrected chi connectivity index (χ2v) is 4.17. The summed E-state index contributed by atoms with van der Waals surface area (Å²) in [6.07, 6.45) is 3.32. The Labute approximate surface area is 89.9 Å². The number of ether oxygens (including phenoxy) is 1. The molecule has 1 aromatic carbocycles. The maximum atomic E-state index is 9.01. The highest BCUT2D eigenvalue weighted by Gasteiger charge is 2.25. The molecule has 1 aromatic rings. The lowest BCUT2D eigenvalue weighted by atomic mass is 10.1. The van der Waals surface area contributed by atoms with Crippen LogP contribution in [0.25, 0.3) is 0 Å². The van der Waals surface area contributed by atoms with Gasteiger partial charge in [0.25, 0.3) is 0 Å². The van der Waals surface area contributed by atoms with Crippen molar-refractivity contribution >= 4 is 5.69 Å². The minimum Gasteiger partial charge on any atom is -0.490 e. The van der Waals surface area contributed by atoms with Crippen molar-refractivity contribution in [2.75, 3.05) is 12.3 Å². The molecular weight excluding hydrogens is 190 g/mol. The minimum absolute atomic E-state index is 0.255. The Balaban J connectivity index is 1.90. The summed E-state index contributed by atoms with van der Waals surface area (Å²) >= 11 is 0. The van der Waals surface area contributed by atoms with Gasteiger partial charge >= 0.3 is 0 Å². The quantitative estimate of drug-likeness (QED) is 0.743. The molecule has 0 saturated heterocycles. The maximum absolute atomic E-state index is 9.01. The van der Waals surface area contributed by atoms with E-state index in [4.69, 9.17) is 15.6 Å². The zero-order valence-electron chi connectivity index (χ0n) is 8.73. The van der Waals surface area contributed by atoms with Crippen molar-refractivity contribution in [3.63, 3.8) is 0 Å². The van der Waals surface area contributed by atoms with E-state index in [9.17, 15) is 0 Å². The van der Waals surface area contributed by atoms with Crippen LogP contribution in [0.2, 0.25) is 0 Å². The first-order chi connectivity index (χ1) is 7.28. The van der Waals surface area contributed by atoms with Gasteiger partial charge in [0.15, 0.2) is 0 Å². The third kappa shape index (κ3) is 2.63. The predicted octanol–water partition coefficient (Wildman–Crippen LogP) is 1.81. The third-order valence-corrected chi connectivity index (χ3v) is 2.93. The summed E-state index contributed by atoms with van der Waals surface area (Å²) in [6, 6.07) is 7.46. The smallest absolute Gasteiger partial charge is 0.119 e. The molecule has 3 nitrogen and oxygen atoms in total. The number of nitrogen functional groups attached to an aromatic ring is 1. The van der Waals surface area contributed by atoms with Crippen molar-refractivity contribution < 1.29 is 9.84 Å². The van der Waals surface area contributed by atoms with Crippen molar-refractivity contribution in [3.8, 4) is 5.75 Å². The molecule has 0 heterocycles. The van der Waals surface area contributed by atoms with E-state index < -0.39 is 0 Å². The predicted molar refractivity (Wildman–Crippen MR) is 59.7 cm³/mol. The summed E-state index contributed by atoms with van der Waals surface area (Å²) in [5.74, 6) is 1.29. The monoisotopic (exact) mass is 207 g/mol. The molecular formula is C12H17NO2. The average Bonchev–Trinajstić information content (AvgIpc) is 2.69. The lowest BCUT2D eigenvalue weighted by molar-refractivity contribution is 0.183. The van der Waals surface area contributed by atoms with Crippen molar-refractivity contribution in [1.29, 1.82) is 0 Å². The maximum Gasteiger partial charge on any atom is 0.119 e. The summed E-state index contributed by atoms with van der Waals surface area (Å²) in [7, 11) is 0. The molecule has 0 radical (unpaired) electrons. The molecule has 2 atom stereocenters. The molecule has 0 aliphatic heterocycles. The first kappa shape index (κ1) is 10.3. The molecule has 0 unspecified atom stereocenters. The van der Waals surface area contributed by atoms with E-state index in [1.54, 1.807) is 0 Å². The lowest BCUT2D eigenvalue weighted by Gasteiger charge is -2.13.